The Morgan fingerprint density at radius 2 is 1.41 bits per heavy atom. The van der Waals surface area contributed by atoms with E-state index >= 15 is 0 Å². The van der Waals surface area contributed by atoms with Crippen LogP contribution in [0, 0.1) is 0 Å². The van der Waals surface area contributed by atoms with Gasteiger partial charge in [0, 0.05) is 0 Å². The van der Waals surface area contributed by atoms with Gasteiger partial charge in [0.05, 0.1) is 10.6 Å². The highest BCUT2D eigenvalue weighted by Gasteiger charge is 1.88. The molecule has 0 bridgehead atoms. The summed E-state index contributed by atoms with van der Waals surface area (Å²) in [4.78, 5) is 0.368. The third-order valence-electron chi connectivity index (χ3n) is 1.90. The average molecular weight is 251 g/mol. The molecule has 17 heavy (non-hydrogen) atoms. The Labute approximate surface area is 101 Å². The molecule has 0 aliphatic heterocycles. The quantitative estimate of drug-likeness (QED) is 0.409. The highest BCUT2D eigenvalue weighted by Crippen LogP contribution is 2.16. The lowest BCUT2D eigenvalue weighted by Crippen LogP contribution is -1.82. The number of para-hydroxylation sites is 2. The molecule has 0 atom stereocenters. The van der Waals surface area contributed by atoms with E-state index in [9.17, 15) is 8.42 Å². The lowest BCUT2D eigenvalue weighted by atomic mass is 10.3. The number of aromatic hydroxyl groups is 1. The van der Waals surface area contributed by atoms with E-state index in [4.69, 9.17) is 10.8 Å². The molecule has 0 radical (unpaired) electrons. The van der Waals surface area contributed by atoms with E-state index in [0.29, 0.717) is 10.6 Å². The van der Waals surface area contributed by atoms with Crippen LogP contribution in [0.3, 0.4) is 0 Å². The van der Waals surface area contributed by atoms with E-state index in [1.807, 2.05) is 0 Å². The highest BCUT2D eigenvalue weighted by atomic mass is 32.2. The summed E-state index contributed by atoms with van der Waals surface area (Å²) in [5, 5.41) is 8.79. The molecule has 0 amide bonds. The van der Waals surface area contributed by atoms with Crippen molar-refractivity contribution < 1.29 is 13.5 Å². The Morgan fingerprint density at radius 1 is 0.882 bits per heavy atom. The number of benzene rings is 2. The van der Waals surface area contributed by atoms with Gasteiger partial charge in [-0.05, 0) is 24.3 Å². The zero-order valence-electron chi connectivity index (χ0n) is 8.98. The van der Waals surface area contributed by atoms with Crippen LogP contribution in [0.4, 0.5) is 5.69 Å². The smallest absolute Gasteiger partial charge is 0.168 e. The highest BCUT2D eigenvalue weighted by molar-refractivity contribution is 7.72. The third-order valence-corrected chi connectivity index (χ3v) is 2.62. The summed E-state index contributed by atoms with van der Waals surface area (Å²) in [7, 11) is -2.40. The van der Waals surface area contributed by atoms with Crippen LogP contribution in [-0.2, 0) is 10.7 Å². The first-order valence-corrected chi connectivity index (χ1v) is 6.02. The fourth-order valence-electron chi connectivity index (χ4n) is 1.04. The van der Waals surface area contributed by atoms with Crippen molar-refractivity contribution in [1.29, 1.82) is 0 Å². The fourth-order valence-corrected chi connectivity index (χ4v) is 1.45. The molecule has 2 aromatic carbocycles. The zero-order valence-corrected chi connectivity index (χ0v) is 9.88. The van der Waals surface area contributed by atoms with Crippen LogP contribution in [0.2, 0.25) is 0 Å². The summed E-state index contributed by atoms with van der Waals surface area (Å²) in [5.41, 5.74) is 5.69. The Bertz CT molecular complexity index is 509. The SMILES string of the molecule is Nc1ccccc1O.O=[SH](=O)c1ccccc1. The third kappa shape index (κ3) is 4.56. The molecular weight excluding hydrogens is 238 g/mol. The van der Waals surface area contributed by atoms with Crippen LogP contribution < -0.4 is 5.73 Å². The van der Waals surface area contributed by atoms with Crippen molar-refractivity contribution in [1.82, 2.24) is 0 Å². The first kappa shape index (κ1) is 13.1. The maximum Gasteiger partial charge on any atom is 0.168 e. The molecule has 0 fully saturated rings. The Kier molecular flexibility index (Phi) is 5.03. The number of hydrogen-bond acceptors (Lipinski definition) is 4. The van der Waals surface area contributed by atoms with E-state index in [0.717, 1.165) is 0 Å². The number of nitrogen functional groups attached to an aromatic ring is 1. The predicted molar refractivity (Wildman–Crippen MR) is 67.5 cm³/mol. The van der Waals surface area contributed by atoms with Gasteiger partial charge in [0.25, 0.3) is 0 Å². The van der Waals surface area contributed by atoms with Crippen LogP contribution in [0.1, 0.15) is 0 Å². The molecule has 5 heteroatoms. The van der Waals surface area contributed by atoms with Gasteiger partial charge in [0.1, 0.15) is 5.75 Å². The summed E-state index contributed by atoms with van der Waals surface area (Å²) in [6.07, 6.45) is 0. The lowest BCUT2D eigenvalue weighted by molar-refractivity contribution is 0.478. The van der Waals surface area contributed by atoms with Gasteiger partial charge in [-0.15, -0.1) is 0 Å². The molecule has 0 aliphatic rings. The van der Waals surface area contributed by atoms with Gasteiger partial charge in [-0.2, -0.15) is 0 Å². The standard InChI is InChI=1S/C6H7NO.C6H6O2S/c7-5-3-1-2-4-6(5)8;7-9(8)6-4-2-1-3-5-6/h1-4,8H,7H2;1-5,9H. The minimum atomic E-state index is -2.40. The summed E-state index contributed by atoms with van der Waals surface area (Å²) in [5.74, 6) is 0.146. The van der Waals surface area contributed by atoms with Crippen molar-refractivity contribution in [3.8, 4) is 5.75 Å². The summed E-state index contributed by atoms with van der Waals surface area (Å²) in [6, 6.07) is 15.0. The molecule has 0 unspecified atom stereocenters. The van der Waals surface area contributed by atoms with Gasteiger partial charge >= 0.3 is 0 Å². The molecule has 0 saturated heterocycles. The molecule has 4 nitrogen and oxygen atoms in total. The van der Waals surface area contributed by atoms with Crippen molar-refractivity contribution in [3.05, 3.63) is 54.6 Å². The van der Waals surface area contributed by atoms with Crippen molar-refractivity contribution in [2.24, 2.45) is 0 Å². The van der Waals surface area contributed by atoms with E-state index in [2.05, 4.69) is 0 Å². The molecule has 0 aromatic heterocycles. The first-order chi connectivity index (χ1) is 8.11. The van der Waals surface area contributed by atoms with E-state index in [-0.39, 0.29) is 5.75 Å². The topological polar surface area (TPSA) is 80.4 Å². The van der Waals surface area contributed by atoms with E-state index in [1.54, 1.807) is 54.6 Å². The number of nitrogens with two attached hydrogens (primary N) is 1. The number of hydrogen-bond donors (Lipinski definition) is 3. The zero-order chi connectivity index (χ0) is 12.7. The number of phenols is 1. The summed E-state index contributed by atoms with van der Waals surface area (Å²) >= 11 is 0. The maximum absolute atomic E-state index is 10.2. The van der Waals surface area contributed by atoms with Gasteiger partial charge in [0.2, 0.25) is 0 Å². The lowest BCUT2D eigenvalue weighted by Gasteiger charge is -1.92. The van der Waals surface area contributed by atoms with Gasteiger partial charge in [0.15, 0.2) is 10.7 Å². The van der Waals surface area contributed by atoms with Crippen LogP contribution in [-0.4, -0.2) is 13.5 Å². The van der Waals surface area contributed by atoms with E-state index in [1.165, 1.54) is 0 Å². The second kappa shape index (κ2) is 6.55. The summed E-state index contributed by atoms with van der Waals surface area (Å²) in [6.45, 7) is 0. The predicted octanol–water partition coefficient (Wildman–Crippen LogP) is 1.63. The molecule has 0 spiro atoms. The molecule has 0 heterocycles. The molecule has 0 saturated carbocycles. The van der Waals surface area contributed by atoms with Gasteiger partial charge < -0.3 is 10.8 Å². The molecule has 2 rings (SSSR count). The van der Waals surface area contributed by atoms with Crippen molar-refractivity contribution in [2.45, 2.75) is 4.90 Å². The van der Waals surface area contributed by atoms with Crippen LogP contribution >= 0.6 is 0 Å². The van der Waals surface area contributed by atoms with Gasteiger partial charge in [-0.25, -0.2) is 8.42 Å². The average Bonchev–Trinajstić information content (AvgIpc) is 2.35. The van der Waals surface area contributed by atoms with Crippen LogP contribution in [0.5, 0.6) is 5.75 Å². The number of rotatable bonds is 1. The monoisotopic (exact) mass is 251 g/mol. The minimum Gasteiger partial charge on any atom is -0.506 e. The normalized spacial score (nSPS) is 9.47. The van der Waals surface area contributed by atoms with Crippen LogP contribution in [0.25, 0.3) is 0 Å². The van der Waals surface area contributed by atoms with Crippen LogP contribution in [0.15, 0.2) is 59.5 Å². The van der Waals surface area contributed by atoms with Gasteiger partial charge in [-0.1, -0.05) is 30.3 Å². The number of thiol groups is 1. The number of phenolic OH excluding ortho intramolecular Hbond substituents is 1. The molecular formula is C12H13NO3S. The summed E-state index contributed by atoms with van der Waals surface area (Å²) < 4.78 is 20.5. The van der Waals surface area contributed by atoms with Crippen molar-refractivity contribution in [2.75, 3.05) is 5.73 Å². The van der Waals surface area contributed by atoms with E-state index < -0.39 is 10.7 Å². The van der Waals surface area contributed by atoms with Gasteiger partial charge in [-0.3, -0.25) is 0 Å². The molecule has 2 aromatic rings. The number of anilines is 1. The Balaban J connectivity index is 0.000000171. The second-order valence-electron chi connectivity index (χ2n) is 3.15. The Morgan fingerprint density at radius 3 is 1.76 bits per heavy atom. The molecule has 90 valence electrons. The largest absolute Gasteiger partial charge is 0.506 e. The maximum atomic E-state index is 10.2. The fraction of sp³-hybridized carbons (Fsp3) is 0. The molecule has 3 N–H and O–H groups in total. The van der Waals surface area contributed by atoms with Crippen molar-refractivity contribution in [3.63, 3.8) is 0 Å². The van der Waals surface area contributed by atoms with Crippen molar-refractivity contribution >= 4 is 16.4 Å². The molecule has 0 aliphatic carbocycles. The first-order valence-electron chi connectivity index (χ1n) is 4.84. The minimum absolute atomic E-state index is 0.146. The second-order valence-corrected chi connectivity index (χ2v) is 4.18. The Hall–Kier alpha value is -2.01.